The van der Waals surface area contributed by atoms with E-state index in [0.717, 1.165) is 10.8 Å². The summed E-state index contributed by atoms with van der Waals surface area (Å²) < 4.78 is 30.9. The van der Waals surface area contributed by atoms with Crippen LogP contribution < -0.4 is 5.19 Å². The molecule has 0 N–H and O–H groups in total. The van der Waals surface area contributed by atoms with E-state index >= 15 is 0 Å². The average Bonchev–Trinajstić information content (AvgIpc) is 2.62. The molecule has 0 spiro atoms. The lowest BCUT2D eigenvalue weighted by Gasteiger charge is -2.21. The molecule has 3 aromatic rings. The molecular weight excluding hydrogens is 313 g/mol. The highest BCUT2D eigenvalue weighted by molar-refractivity contribution is 6.89. The van der Waals surface area contributed by atoms with Crippen LogP contribution in [0, 0.1) is 5.82 Å². The molecule has 122 valence electrons. The summed E-state index contributed by atoms with van der Waals surface area (Å²) in [6, 6.07) is 17.2. The maximum absolute atomic E-state index is 13.2. The molecule has 0 atom stereocenters. The molecule has 0 amide bonds. The Morgan fingerprint density at radius 2 is 1.67 bits per heavy atom. The van der Waals surface area contributed by atoms with Crippen molar-refractivity contribution < 1.29 is 7.13 Å². The average molecular weight is 338 g/mol. The van der Waals surface area contributed by atoms with E-state index in [9.17, 15) is 4.39 Å². The second kappa shape index (κ2) is 6.69. The summed E-state index contributed by atoms with van der Waals surface area (Å²) in [7, 11) is -1.82. The summed E-state index contributed by atoms with van der Waals surface area (Å²) in [4.78, 5) is 4.56. The second-order valence-corrected chi connectivity index (χ2v) is 11.9. The highest BCUT2D eigenvalue weighted by Crippen LogP contribution is 2.21. The third-order valence-corrected chi connectivity index (χ3v) is 5.92. The van der Waals surface area contributed by atoms with Crippen molar-refractivity contribution in [1.29, 1.82) is 0 Å². The van der Waals surface area contributed by atoms with E-state index in [0.29, 0.717) is 16.8 Å². The van der Waals surface area contributed by atoms with Gasteiger partial charge in [-0.2, -0.15) is 0 Å². The highest BCUT2D eigenvalue weighted by Gasteiger charge is 2.21. The lowest BCUT2D eigenvalue weighted by molar-refractivity contribution is 0.628. The van der Waals surface area contributed by atoms with Gasteiger partial charge in [0.15, 0.2) is 0 Å². The Labute approximate surface area is 147 Å². The molecule has 0 unspecified atom stereocenters. The van der Waals surface area contributed by atoms with Gasteiger partial charge in [0.05, 0.1) is 13.8 Å². The third-order valence-electron chi connectivity index (χ3n) is 3.90. The molecule has 0 fully saturated rings. The standard InChI is InChI=1S/C21H22FNSi/c1-24(2,3)21-15-23-20(17-9-11-19(22)12-10-17)14-18(21)13-16-7-5-4-6-8-16/h4-12,14-15H,13H2,1-3H3/i13D2. The molecule has 24 heavy (non-hydrogen) atoms. The Kier molecular flexibility index (Phi) is 3.94. The fourth-order valence-corrected chi connectivity index (χ4v) is 4.01. The van der Waals surface area contributed by atoms with Crippen LogP contribution in [0.25, 0.3) is 11.3 Å². The van der Waals surface area contributed by atoms with E-state index in [2.05, 4.69) is 24.6 Å². The Hall–Kier alpha value is -2.26. The third kappa shape index (κ3) is 3.79. The fourth-order valence-electron chi connectivity index (χ4n) is 2.61. The van der Waals surface area contributed by atoms with Crippen LogP contribution in [0.4, 0.5) is 4.39 Å². The van der Waals surface area contributed by atoms with Crippen molar-refractivity contribution in [3.63, 3.8) is 0 Å². The topological polar surface area (TPSA) is 12.9 Å². The van der Waals surface area contributed by atoms with Crippen LogP contribution in [-0.4, -0.2) is 13.1 Å². The maximum Gasteiger partial charge on any atom is 0.123 e. The number of nitrogens with zero attached hydrogens (tertiary/aromatic N) is 1. The molecule has 0 saturated carbocycles. The van der Waals surface area contributed by atoms with Gasteiger partial charge < -0.3 is 0 Å². The molecule has 0 aliphatic carbocycles. The summed E-state index contributed by atoms with van der Waals surface area (Å²) >= 11 is 0. The number of benzene rings is 2. The minimum absolute atomic E-state index is 0.299. The lowest BCUT2D eigenvalue weighted by Crippen LogP contribution is -2.40. The summed E-state index contributed by atoms with van der Waals surface area (Å²) in [5.74, 6) is -0.299. The van der Waals surface area contributed by atoms with Gasteiger partial charge in [-0.15, -0.1) is 0 Å². The van der Waals surface area contributed by atoms with Crippen LogP contribution >= 0.6 is 0 Å². The van der Waals surface area contributed by atoms with Crippen molar-refractivity contribution in [2.45, 2.75) is 26.0 Å². The molecule has 1 heterocycles. The normalized spacial score (nSPS) is 13.3. The quantitative estimate of drug-likeness (QED) is 0.609. The van der Waals surface area contributed by atoms with Crippen molar-refractivity contribution >= 4 is 13.3 Å². The van der Waals surface area contributed by atoms with Gasteiger partial charge in [-0.3, -0.25) is 4.98 Å². The molecule has 0 saturated heterocycles. The number of rotatable bonds is 4. The van der Waals surface area contributed by atoms with Gasteiger partial charge in [-0.1, -0.05) is 50.0 Å². The minimum Gasteiger partial charge on any atom is -0.256 e. The summed E-state index contributed by atoms with van der Waals surface area (Å²) in [5.41, 5.74) is 2.70. The van der Waals surface area contributed by atoms with Crippen LogP contribution in [0.3, 0.4) is 0 Å². The number of aromatic nitrogens is 1. The molecule has 0 aliphatic rings. The maximum atomic E-state index is 13.2. The fraction of sp³-hybridized carbons (Fsp3) is 0.190. The first-order valence-electron chi connectivity index (χ1n) is 9.02. The van der Waals surface area contributed by atoms with Gasteiger partial charge in [0.25, 0.3) is 0 Å². The Morgan fingerprint density at radius 3 is 2.29 bits per heavy atom. The predicted molar refractivity (Wildman–Crippen MR) is 102 cm³/mol. The zero-order valence-electron chi connectivity index (χ0n) is 16.2. The van der Waals surface area contributed by atoms with E-state index in [-0.39, 0.29) is 5.82 Å². The monoisotopic (exact) mass is 337 g/mol. The van der Waals surface area contributed by atoms with E-state index in [1.807, 2.05) is 36.4 Å². The molecule has 1 nitrogen and oxygen atoms in total. The predicted octanol–water partition coefficient (Wildman–Crippen LogP) is 5.02. The molecule has 3 heteroatoms. The minimum atomic E-state index is -1.82. The number of pyridine rings is 1. The lowest BCUT2D eigenvalue weighted by atomic mass is 10.0. The summed E-state index contributed by atoms with van der Waals surface area (Å²) in [6.07, 6.45) is 0.176. The largest absolute Gasteiger partial charge is 0.256 e. The van der Waals surface area contributed by atoms with E-state index in [1.165, 1.54) is 12.1 Å². The molecule has 3 rings (SSSR count). The molecule has 0 aliphatic heterocycles. The van der Waals surface area contributed by atoms with E-state index in [4.69, 9.17) is 2.74 Å². The van der Waals surface area contributed by atoms with Crippen LogP contribution in [-0.2, 0) is 6.37 Å². The van der Waals surface area contributed by atoms with Crippen LogP contribution in [0.15, 0.2) is 66.9 Å². The zero-order valence-corrected chi connectivity index (χ0v) is 15.2. The highest BCUT2D eigenvalue weighted by atomic mass is 28.3. The van der Waals surface area contributed by atoms with Gasteiger partial charge in [0, 0.05) is 14.5 Å². The van der Waals surface area contributed by atoms with Gasteiger partial charge in [0.2, 0.25) is 0 Å². The van der Waals surface area contributed by atoms with Gasteiger partial charge >= 0.3 is 0 Å². The molecule has 0 radical (unpaired) electrons. The van der Waals surface area contributed by atoms with E-state index in [1.54, 1.807) is 18.3 Å². The zero-order chi connectivity index (χ0) is 18.9. The van der Waals surface area contributed by atoms with Crippen molar-refractivity contribution in [3.05, 3.63) is 83.8 Å². The van der Waals surface area contributed by atoms with Gasteiger partial charge in [-0.05, 0) is 53.0 Å². The Bertz CT molecular complexity index is 904. The second-order valence-electron chi connectivity index (χ2n) is 6.86. The van der Waals surface area contributed by atoms with Crippen molar-refractivity contribution in [2.24, 2.45) is 0 Å². The van der Waals surface area contributed by atoms with Crippen LogP contribution in [0.5, 0.6) is 0 Å². The number of halogens is 1. The summed E-state index contributed by atoms with van der Waals surface area (Å²) in [5, 5.41) is 0.997. The number of hydrogen-bond acceptors (Lipinski definition) is 1. The van der Waals surface area contributed by atoms with Crippen molar-refractivity contribution in [3.8, 4) is 11.3 Å². The number of hydrogen-bond donors (Lipinski definition) is 0. The first kappa shape index (κ1) is 14.1. The Balaban J connectivity index is 2.20. The first-order valence-corrected chi connectivity index (χ1v) is 11.5. The van der Waals surface area contributed by atoms with Gasteiger partial charge in [-0.25, -0.2) is 4.39 Å². The van der Waals surface area contributed by atoms with Crippen molar-refractivity contribution in [1.82, 2.24) is 4.98 Å². The molecule has 0 bridgehead atoms. The SMILES string of the molecule is [2H]C([2H])(c1ccccc1)c1cc(-c2ccc(F)cc2)ncc1[Si](C)(C)C. The molecule has 1 aromatic heterocycles. The Morgan fingerprint density at radius 1 is 1.00 bits per heavy atom. The molecule has 2 aromatic carbocycles. The van der Waals surface area contributed by atoms with Gasteiger partial charge in [0.1, 0.15) is 5.82 Å². The van der Waals surface area contributed by atoms with Crippen LogP contribution in [0.2, 0.25) is 19.6 Å². The van der Waals surface area contributed by atoms with E-state index < -0.39 is 14.4 Å². The van der Waals surface area contributed by atoms with Crippen LogP contribution in [0.1, 0.15) is 13.9 Å². The summed E-state index contributed by atoms with van der Waals surface area (Å²) in [6.45, 7) is 6.56. The smallest absolute Gasteiger partial charge is 0.123 e. The van der Waals surface area contributed by atoms with Crippen molar-refractivity contribution in [2.75, 3.05) is 0 Å². The first-order chi connectivity index (χ1) is 12.2. The molecular formula is C21H22FNSi.